The van der Waals surface area contributed by atoms with Crippen LogP contribution < -0.4 is 5.73 Å². The smallest absolute Gasteiger partial charge is 0.202 e. The van der Waals surface area contributed by atoms with Gasteiger partial charge in [0.15, 0.2) is 5.65 Å². The van der Waals surface area contributed by atoms with Gasteiger partial charge >= 0.3 is 0 Å². The lowest BCUT2D eigenvalue weighted by atomic mass is 9.94. The van der Waals surface area contributed by atoms with E-state index in [4.69, 9.17) is 5.73 Å². The first-order chi connectivity index (χ1) is 8.81. The second kappa shape index (κ2) is 4.80. The molecule has 0 bridgehead atoms. The first-order valence-electron chi connectivity index (χ1n) is 6.42. The molecule has 18 heavy (non-hydrogen) atoms. The molecule has 0 aromatic carbocycles. The number of nitrogen functional groups attached to an aromatic ring is 1. The van der Waals surface area contributed by atoms with E-state index >= 15 is 0 Å². The summed E-state index contributed by atoms with van der Waals surface area (Å²) in [6.07, 6.45) is 9.04. The second-order valence-corrected chi connectivity index (χ2v) is 5.89. The van der Waals surface area contributed by atoms with Gasteiger partial charge in [0.05, 0.1) is 6.04 Å². The van der Waals surface area contributed by atoms with Gasteiger partial charge in [0.1, 0.15) is 5.52 Å². The maximum Gasteiger partial charge on any atom is 0.202 e. The Hall–Kier alpha value is -1.23. The maximum atomic E-state index is 6.10. The number of nitrogens with two attached hydrogens (primary N) is 1. The van der Waals surface area contributed by atoms with Crippen molar-refractivity contribution in [1.82, 2.24) is 14.5 Å². The molecule has 2 N–H and O–H groups in total. The van der Waals surface area contributed by atoms with Crippen molar-refractivity contribution < 1.29 is 0 Å². The molecule has 1 fully saturated rings. The van der Waals surface area contributed by atoms with Crippen LogP contribution in [0, 0.1) is 0 Å². The number of pyridine rings is 1. The van der Waals surface area contributed by atoms with Crippen LogP contribution in [-0.2, 0) is 0 Å². The van der Waals surface area contributed by atoms with Crippen LogP contribution in [0.15, 0.2) is 18.3 Å². The molecule has 1 aliphatic rings. The van der Waals surface area contributed by atoms with Crippen molar-refractivity contribution in [2.45, 2.75) is 37.0 Å². The number of nitrogens with zero attached hydrogens (tertiary/aromatic N) is 3. The van der Waals surface area contributed by atoms with Crippen LogP contribution in [0.3, 0.4) is 0 Å². The van der Waals surface area contributed by atoms with Crippen molar-refractivity contribution in [2.75, 3.05) is 12.0 Å². The fourth-order valence-corrected chi connectivity index (χ4v) is 3.90. The van der Waals surface area contributed by atoms with Crippen LogP contribution in [-0.4, -0.2) is 26.0 Å². The molecular formula is C13H18N4S. The van der Waals surface area contributed by atoms with Gasteiger partial charge in [-0.15, -0.1) is 0 Å². The van der Waals surface area contributed by atoms with Crippen molar-refractivity contribution in [3.05, 3.63) is 18.3 Å². The molecule has 96 valence electrons. The van der Waals surface area contributed by atoms with Crippen molar-refractivity contribution in [3.8, 4) is 0 Å². The normalized spacial score (nSPS) is 24.5. The third kappa shape index (κ3) is 1.86. The molecule has 0 radical (unpaired) electrons. The Bertz CT molecular complexity index is 551. The van der Waals surface area contributed by atoms with Crippen molar-refractivity contribution in [1.29, 1.82) is 0 Å². The molecule has 2 unspecified atom stereocenters. The van der Waals surface area contributed by atoms with Crippen LogP contribution in [0.5, 0.6) is 0 Å². The third-order valence-electron chi connectivity index (χ3n) is 3.78. The predicted molar refractivity (Wildman–Crippen MR) is 76.7 cm³/mol. The molecular weight excluding hydrogens is 244 g/mol. The summed E-state index contributed by atoms with van der Waals surface area (Å²) in [5.41, 5.74) is 7.94. The summed E-state index contributed by atoms with van der Waals surface area (Å²) in [6, 6.07) is 4.33. The second-order valence-electron chi connectivity index (χ2n) is 4.81. The van der Waals surface area contributed by atoms with Gasteiger partial charge in [0.25, 0.3) is 0 Å². The van der Waals surface area contributed by atoms with E-state index in [0.717, 1.165) is 11.2 Å². The SMILES string of the molecule is CSC1CCCCC1n1c(N)nc2cccnc21. The van der Waals surface area contributed by atoms with Gasteiger partial charge in [0, 0.05) is 11.4 Å². The quantitative estimate of drug-likeness (QED) is 0.904. The molecule has 0 spiro atoms. The van der Waals surface area contributed by atoms with Gasteiger partial charge in [0.2, 0.25) is 5.95 Å². The molecule has 4 nitrogen and oxygen atoms in total. The summed E-state index contributed by atoms with van der Waals surface area (Å²) in [5, 5.41) is 0.625. The van der Waals surface area contributed by atoms with Crippen molar-refractivity contribution in [2.24, 2.45) is 0 Å². The number of fused-ring (bicyclic) bond motifs is 1. The lowest BCUT2D eigenvalue weighted by molar-refractivity contribution is 0.373. The highest BCUT2D eigenvalue weighted by atomic mass is 32.2. The number of aromatic nitrogens is 3. The first kappa shape index (κ1) is 11.8. The number of anilines is 1. The Morgan fingerprint density at radius 2 is 2.22 bits per heavy atom. The van der Waals surface area contributed by atoms with E-state index in [2.05, 4.69) is 20.8 Å². The van der Waals surface area contributed by atoms with E-state index in [0.29, 0.717) is 17.2 Å². The highest BCUT2D eigenvalue weighted by Crippen LogP contribution is 2.38. The zero-order chi connectivity index (χ0) is 12.5. The van der Waals surface area contributed by atoms with Gasteiger partial charge < -0.3 is 5.73 Å². The van der Waals surface area contributed by atoms with E-state index in [9.17, 15) is 0 Å². The molecule has 1 aliphatic carbocycles. The summed E-state index contributed by atoms with van der Waals surface area (Å²) >= 11 is 1.94. The Kier molecular flexibility index (Phi) is 3.16. The molecule has 3 rings (SSSR count). The molecule has 2 heterocycles. The summed E-state index contributed by atoms with van der Waals surface area (Å²) in [4.78, 5) is 8.88. The fourth-order valence-electron chi connectivity index (χ4n) is 2.92. The monoisotopic (exact) mass is 262 g/mol. The molecule has 5 heteroatoms. The van der Waals surface area contributed by atoms with Crippen LogP contribution in [0.4, 0.5) is 5.95 Å². The minimum Gasteiger partial charge on any atom is -0.369 e. The highest BCUT2D eigenvalue weighted by molar-refractivity contribution is 7.99. The summed E-state index contributed by atoms with van der Waals surface area (Å²) < 4.78 is 2.15. The highest BCUT2D eigenvalue weighted by Gasteiger charge is 2.28. The maximum absolute atomic E-state index is 6.10. The van der Waals surface area contributed by atoms with Crippen LogP contribution in [0.25, 0.3) is 11.2 Å². The first-order valence-corrected chi connectivity index (χ1v) is 7.71. The van der Waals surface area contributed by atoms with E-state index in [1.54, 1.807) is 0 Å². The van der Waals surface area contributed by atoms with E-state index < -0.39 is 0 Å². The standard InChI is InChI=1S/C13H18N4S/c1-18-11-7-3-2-6-10(11)17-12-9(16-13(17)14)5-4-8-15-12/h4-5,8,10-11H,2-3,6-7H2,1H3,(H2,14,16). The zero-order valence-electron chi connectivity index (χ0n) is 10.5. The van der Waals surface area contributed by atoms with Gasteiger partial charge in [-0.05, 0) is 31.2 Å². The average molecular weight is 262 g/mol. The summed E-state index contributed by atoms with van der Waals surface area (Å²) in [7, 11) is 0. The molecule has 2 atom stereocenters. The van der Waals surface area contributed by atoms with E-state index in [1.807, 2.05) is 30.1 Å². The molecule has 0 amide bonds. The Balaban J connectivity index is 2.09. The van der Waals surface area contributed by atoms with Crippen LogP contribution in [0.2, 0.25) is 0 Å². The topological polar surface area (TPSA) is 56.7 Å². The number of thioether (sulfide) groups is 1. The summed E-state index contributed by atoms with van der Waals surface area (Å²) in [5.74, 6) is 0.606. The van der Waals surface area contributed by atoms with Crippen LogP contribution >= 0.6 is 11.8 Å². The number of rotatable bonds is 2. The van der Waals surface area contributed by atoms with Gasteiger partial charge in [-0.25, -0.2) is 9.97 Å². The Morgan fingerprint density at radius 1 is 1.39 bits per heavy atom. The number of hydrogen-bond acceptors (Lipinski definition) is 4. The predicted octanol–water partition coefficient (Wildman–Crippen LogP) is 2.86. The third-order valence-corrected chi connectivity index (χ3v) is 4.93. The molecule has 2 aromatic rings. The largest absolute Gasteiger partial charge is 0.369 e. The lowest BCUT2D eigenvalue weighted by Gasteiger charge is -2.31. The zero-order valence-corrected chi connectivity index (χ0v) is 11.4. The van der Waals surface area contributed by atoms with Crippen molar-refractivity contribution >= 4 is 28.9 Å². The minimum absolute atomic E-state index is 0.439. The lowest BCUT2D eigenvalue weighted by Crippen LogP contribution is -2.26. The fraction of sp³-hybridized carbons (Fsp3) is 0.538. The number of hydrogen-bond donors (Lipinski definition) is 1. The van der Waals surface area contributed by atoms with Gasteiger partial charge in [-0.3, -0.25) is 4.57 Å². The Labute approximate surface area is 111 Å². The van der Waals surface area contributed by atoms with E-state index in [-0.39, 0.29) is 0 Å². The Morgan fingerprint density at radius 3 is 3.06 bits per heavy atom. The molecule has 2 aromatic heterocycles. The summed E-state index contributed by atoms with van der Waals surface area (Å²) in [6.45, 7) is 0. The molecule has 1 saturated carbocycles. The number of imidazole rings is 1. The molecule has 0 aliphatic heterocycles. The van der Waals surface area contributed by atoms with E-state index in [1.165, 1.54) is 25.7 Å². The molecule has 0 saturated heterocycles. The van der Waals surface area contributed by atoms with Crippen LogP contribution in [0.1, 0.15) is 31.7 Å². The van der Waals surface area contributed by atoms with Crippen molar-refractivity contribution in [3.63, 3.8) is 0 Å². The minimum atomic E-state index is 0.439. The van der Waals surface area contributed by atoms with Gasteiger partial charge in [-0.1, -0.05) is 12.8 Å². The average Bonchev–Trinajstić information content (AvgIpc) is 2.74. The van der Waals surface area contributed by atoms with Gasteiger partial charge in [-0.2, -0.15) is 11.8 Å².